The van der Waals surface area contributed by atoms with E-state index in [1.165, 1.54) is 16.7 Å². The molecule has 1 saturated heterocycles. The van der Waals surface area contributed by atoms with Gasteiger partial charge in [0.25, 0.3) is 0 Å². The SMILES string of the molecule is NC(=O)N(O)CCCOc1ccc(CCCN2CCN([C@H](c3ccccc3)c3ccc(Cl)cc3)CC2)cc1. The predicted octanol–water partition coefficient (Wildman–Crippen LogP) is 5.22. The number of nitrogens with zero attached hydrogens (tertiary/aromatic N) is 3. The van der Waals surface area contributed by atoms with Gasteiger partial charge >= 0.3 is 6.03 Å². The van der Waals surface area contributed by atoms with Crippen LogP contribution in [0.25, 0.3) is 0 Å². The van der Waals surface area contributed by atoms with Gasteiger partial charge in [-0.15, -0.1) is 0 Å². The van der Waals surface area contributed by atoms with E-state index < -0.39 is 6.03 Å². The van der Waals surface area contributed by atoms with Crippen LogP contribution in [-0.2, 0) is 6.42 Å². The average molecular weight is 537 g/mol. The molecule has 3 aromatic carbocycles. The Morgan fingerprint density at radius 3 is 2.24 bits per heavy atom. The van der Waals surface area contributed by atoms with Crippen molar-refractivity contribution in [3.05, 3.63) is 101 Å². The molecule has 1 aliphatic heterocycles. The first kappa shape index (κ1) is 27.9. The van der Waals surface area contributed by atoms with Crippen LogP contribution in [0.1, 0.15) is 35.6 Å². The molecule has 0 aliphatic carbocycles. The van der Waals surface area contributed by atoms with Crippen LogP contribution in [0.2, 0.25) is 5.02 Å². The molecule has 1 fully saturated rings. The molecule has 202 valence electrons. The summed E-state index contributed by atoms with van der Waals surface area (Å²) < 4.78 is 5.68. The summed E-state index contributed by atoms with van der Waals surface area (Å²) >= 11 is 6.16. The van der Waals surface area contributed by atoms with Crippen molar-refractivity contribution in [2.24, 2.45) is 5.73 Å². The summed E-state index contributed by atoms with van der Waals surface area (Å²) in [6.07, 6.45) is 2.63. The molecule has 0 bridgehead atoms. The van der Waals surface area contributed by atoms with Gasteiger partial charge in [-0.1, -0.05) is 66.2 Å². The van der Waals surface area contributed by atoms with Crippen molar-refractivity contribution in [1.82, 2.24) is 14.9 Å². The van der Waals surface area contributed by atoms with Gasteiger partial charge in [0.1, 0.15) is 5.75 Å². The lowest BCUT2D eigenvalue weighted by molar-refractivity contribution is -0.0418. The maximum Gasteiger partial charge on any atom is 0.338 e. The zero-order valence-corrected chi connectivity index (χ0v) is 22.5. The second kappa shape index (κ2) is 14.2. The maximum atomic E-state index is 10.8. The van der Waals surface area contributed by atoms with Crippen molar-refractivity contribution in [2.75, 3.05) is 45.9 Å². The summed E-state index contributed by atoms with van der Waals surface area (Å²) in [7, 11) is 0. The van der Waals surface area contributed by atoms with Gasteiger partial charge in [0.2, 0.25) is 0 Å². The Hall–Kier alpha value is -3.10. The van der Waals surface area contributed by atoms with Crippen LogP contribution < -0.4 is 10.5 Å². The normalized spacial score (nSPS) is 15.2. The molecule has 4 rings (SSSR count). The molecular weight excluding hydrogens is 500 g/mol. The number of carbonyl (C=O) groups is 1. The first-order valence-corrected chi connectivity index (χ1v) is 13.6. The summed E-state index contributed by atoms with van der Waals surface area (Å²) in [5, 5.41) is 10.5. The number of hydroxylamine groups is 2. The molecule has 1 atom stereocenters. The monoisotopic (exact) mass is 536 g/mol. The molecule has 8 heteroatoms. The quantitative estimate of drug-likeness (QED) is 0.188. The van der Waals surface area contributed by atoms with Crippen molar-refractivity contribution < 1.29 is 14.7 Å². The fourth-order valence-electron chi connectivity index (χ4n) is 4.91. The number of piperazine rings is 1. The number of halogens is 1. The van der Waals surface area contributed by atoms with E-state index in [1.54, 1.807) is 0 Å². The molecule has 2 amide bonds. The topological polar surface area (TPSA) is 82.3 Å². The fraction of sp³-hybridized carbons (Fsp3) is 0.367. The molecule has 0 radical (unpaired) electrons. The fourth-order valence-corrected chi connectivity index (χ4v) is 5.04. The molecular formula is C30H37ClN4O3. The van der Waals surface area contributed by atoms with Gasteiger partial charge in [-0.25, -0.2) is 9.86 Å². The number of hydrogen-bond acceptors (Lipinski definition) is 5. The number of nitrogens with two attached hydrogens (primary N) is 1. The zero-order valence-electron chi connectivity index (χ0n) is 21.7. The smallest absolute Gasteiger partial charge is 0.338 e. The molecule has 0 aromatic heterocycles. The highest BCUT2D eigenvalue weighted by Gasteiger charge is 2.26. The molecule has 1 aliphatic rings. The van der Waals surface area contributed by atoms with E-state index in [-0.39, 0.29) is 12.6 Å². The minimum Gasteiger partial charge on any atom is -0.494 e. The van der Waals surface area contributed by atoms with Gasteiger partial charge in [-0.2, -0.15) is 0 Å². The third-order valence-corrected chi connectivity index (χ3v) is 7.23. The first-order chi connectivity index (χ1) is 18.5. The van der Waals surface area contributed by atoms with E-state index in [2.05, 4.69) is 64.4 Å². The van der Waals surface area contributed by atoms with Crippen LogP contribution >= 0.6 is 11.6 Å². The Kier molecular flexibility index (Phi) is 10.4. The number of hydrogen-bond donors (Lipinski definition) is 2. The minimum atomic E-state index is -0.856. The van der Waals surface area contributed by atoms with Crippen molar-refractivity contribution >= 4 is 17.6 Å². The van der Waals surface area contributed by atoms with E-state index in [4.69, 9.17) is 22.1 Å². The highest BCUT2D eigenvalue weighted by molar-refractivity contribution is 6.30. The molecule has 3 N–H and O–H groups in total. The predicted molar refractivity (Wildman–Crippen MR) is 151 cm³/mol. The molecule has 0 saturated carbocycles. The van der Waals surface area contributed by atoms with Crippen molar-refractivity contribution in [2.45, 2.75) is 25.3 Å². The number of carbonyl (C=O) groups excluding carboxylic acids is 1. The highest BCUT2D eigenvalue weighted by Crippen LogP contribution is 2.30. The van der Waals surface area contributed by atoms with E-state index >= 15 is 0 Å². The summed E-state index contributed by atoms with van der Waals surface area (Å²) in [6, 6.07) is 26.5. The van der Waals surface area contributed by atoms with Gasteiger partial charge in [-0.3, -0.25) is 10.1 Å². The van der Waals surface area contributed by atoms with E-state index in [0.29, 0.717) is 18.1 Å². The molecule has 3 aromatic rings. The van der Waals surface area contributed by atoms with Crippen molar-refractivity contribution in [1.29, 1.82) is 0 Å². The molecule has 38 heavy (non-hydrogen) atoms. The summed E-state index contributed by atoms with van der Waals surface area (Å²) in [5.74, 6) is 0.780. The van der Waals surface area contributed by atoms with E-state index in [1.807, 2.05) is 24.3 Å². The van der Waals surface area contributed by atoms with Gasteiger partial charge < -0.3 is 15.4 Å². The molecule has 7 nitrogen and oxygen atoms in total. The van der Waals surface area contributed by atoms with Gasteiger partial charge in [-0.05, 0) is 60.3 Å². The van der Waals surface area contributed by atoms with Crippen LogP contribution in [-0.4, -0.2) is 72.0 Å². The lowest BCUT2D eigenvalue weighted by atomic mass is 9.96. The van der Waals surface area contributed by atoms with Crippen LogP contribution in [0, 0.1) is 0 Å². The molecule has 0 unspecified atom stereocenters. The van der Waals surface area contributed by atoms with Crippen LogP contribution in [0.3, 0.4) is 0 Å². The summed E-state index contributed by atoms with van der Waals surface area (Å²) in [4.78, 5) is 15.9. The number of amides is 2. The third-order valence-electron chi connectivity index (χ3n) is 6.97. The zero-order chi connectivity index (χ0) is 26.7. The van der Waals surface area contributed by atoms with Crippen molar-refractivity contribution in [3.8, 4) is 5.75 Å². The number of urea groups is 1. The Bertz CT molecular complexity index is 1120. The first-order valence-electron chi connectivity index (χ1n) is 13.2. The maximum absolute atomic E-state index is 10.8. The largest absolute Gasteiger partial charge is 0.494 e. The van der Waals surface area contributed by atoms with Gasteiger partial charge in [0.05, 0.1) is 19.2 Å². The van der Waals surface area contributed by atoms with Crippen LogP contribution in [0.4, 0.5) is 4.79 Å². The van der Waals surface area contributed by atoms with Gasteiger partial charge in [0.15, 0.2) is 0 Å². The van der Waals surface area contributed by atoms with Crippen LogP contribution in [0.5, 0.6) is 5.75 Å². The second-order valence-electron chi connectivity index (χ2n) is 9.65. The summed E-state index contributed by atoms with van der Waals surface area (Å²) in [5.41, 5.74) is 8.87. The number of rotatable bonds is 12. The standard InChI is InChI=1S/C30H37ClN4O3/c31-27-13-11-26(12-14-27)29(25-7-2-1-3-8-25)34-21-19-33(20-22-34)17-4-6-24-9-15-28(16-10-24)38-23-5-18-35(37)30(32)36/h1-3,7-16,29,37H,4-6,17-23H2,(H2,32,36)/t29-/m1/s1. The Balaban J connectivity index is 1.20. The van der Waals surface area contributed by atoms with E-state index in [9.17, 15) is 10.0 Å². The second-order valence-corrected chi connectivity index (χ2v) is 10.1. The number of ether oxygens (including phenoxy) is 1. The number of aryl methyl sites for hydroxylation is 1. The Morgan fingerprint density at radius 2 is 1.58 bits per heavy atom. The average Bonchev–Trinajstić information content (AvgIpc) is 2.94. The third kappa shape index (κ3) is 8.20. The van der Waals surface area contributed by atoms with E-state index in [0.717, 1.165) is 56.3 Å². The van der Waals surface area contributed by atoms with Gasteiger partial charge in [0, 0.05) is 37.6 Å². The number of primary amides is 1. The summed E-state index contributed by atoms with van der Waals surface area (Å²) in [6.45, 7) is 5.81. The lowest BCUT2D eigenvalue weighted by Crippen LogP contribution is -2.48. The molecule has 1 heterocycles. The highest BCUT2D eigenvalue weighted by atomic mass is 35.5. The van der Waals surface area contributed by atoms with Crippen LogP contribution in [0.15, 0.2) is 78.9 Å². The Labute approximate surface area is 230 Å². The minimum absolute atomic E-state index is 0.149. The number of benzene rings is 3. The Morgan fingerprint density at radius 1 is 0.921 bits per heavy atom. The van der Waals surface area contributed by atoms with Crippen molar-refractivity contribution in [3.63, 3.8) is 0 Å². The molecule has 0 spiro atoms. The lowest BCUT2D eigenvalue weighted by Gasteiger charge is -2.40.